The molecule has 0 radical (unpaired) electrons. The summed E-state index contributed by atoms with van der Waals surface area (Å²) in [5.74, 6) is 1.03. The Morgan fingerprint density at radius 3 is 3.00 bits per heavy atom. The number of nitrogens with zero attached hydrogens (tertiary/aromatic N) is 2. The highest BCUT2D eigenvalue weighted by molar-refractivity contribution is 6.31. The fraction of sp³-hybridized carbons (Fsp3) is 0.500. The topological polar surface area (TPSA) is 28.2 Å². The van der Waals surface area contributed by atoms with Gasteiger partial charge in [0.2, 0.25) is 0 Å². The number of rotatable bonds is 4. The summed E-state index contributed by atoms with van der Waals surface area (Å²) >= 11 is 6.17. The molecule has 0 saturated carbocycles. The molecular weight excluding hydrogens is 246 g/mol. The quantitative estimate of drug-likeness (QED) is 0.849. The van der Waals surface area contributed by atoms with Crippen LogP contribution in [0.1, 0.15) is 26.0 Å². The molecule has 1 N–H and O–H groups in total. The lowest BCUT2D eigenvalue weighted by molar-refractivity contribution is 0.704. The Morgan fingerprint density at radius 1 is 1.44 bits per heavy atom. The third kappa shape index (κ3) is 3.24. The van der Waals surface area contributed by atoms with Crippen LogP contribution in [0.3, 0.4) is 0 Å². The van der Waals surface area contributed by atoms with E-state index in [9.17, 15) is 0 Å². The van der Waals surface area contributed by atoms with Gasteiger partial charge in [-0.05, 0) is 32.0 Å². The minimum atomic E-state index is 0.728. The number of hydrogen-bond donors (Lipinski definition) is 1. The zero-order valence-corrected chi connectivity index (χ0v) is 11.8. The first-order valence-corrected chi connectivity index (χ1v) is 6.85. The van der Waals surface area contributed by atoms with Crippen LogP contribution in [0.15, 0.2) is 23.8 Å². The van der Waals surface area contributed by atoms with Crippen LogP contribution < -0.4 is 10.2 Å². The molecule has 0 atom stereocenters. The van der Waals surface area contributed by atoms with Crippen molar-refractivity contribution < 1.29 is 0 Å². The lowest BCUT2D eigenvalue weighted by Crippen LogP contribution is -2.30. The number of aromatic nitrogens is 1. The highest BCUT2D eigenvalue weighted by Crippen LogP contribution is 2.22. The van der Waals surface area contributed by atoms with Gasteiger partial charge in [-0.15, -0.1) is 0 Å². The Bertz CT molecular complexity index is 443. The molecule has 0 aromatic carbocycles. The van der Waals surface area contributed by atoms with Crippen LogP contribution in [0.5, 0.6) is 0 Å². The molecule has 1 aliphatic heterocycles. The third-order valence-electron chi connectivity index (χ3n) is 3.10. The van der Waals surface area contributed by atoms with Crippen molar-refractivity contribution in [2.24, 2.45) is 0 Å². The fourth-order valence-corrected chi connectivity index (χ4v) is 2.30. The Morgan fingerprint density at radius 2 is 2.28 bits per heavy atom. The van der Waals surface area contributed by atoms with Crippen LogP contribution in [0.4, 0.5) is 5.82 Å². The van der Waals surface area contributed by atoms with Crippen LogP contribution in [-0.4, -0.2) is 24.6 Å². The summed E-state index contributed by atoms with van der Waals surface area (Å²) in [6.45, 7) is 7.90. The SMILES string of the molecule is CCNCc1nc(N2CCC=C(C)C2)ccc1Cl. The van der Waals surface area contributed by atoms with Gasteiger partial charge < -0.3 is 10.2 Å². The lowest BCUT2D eigenvalue weighted by atomic mass is 10.1. The van der Waals surface area contributed by atoms with E-state index in [1.165, 1.54) is 5.57 Å². The van der Waals surface area contributed by atoms with E-state index in [0.717, 1.165) is 49.1 Å². The Labute approximate surface area is 114 Å². The average Bonchev–Trinajstić information content (AvgIpc) is 2.38. The van der Waals surface area contributed by atoms with E-state index in [2.05, 4.69) is 35.1 Å². The van der Waals surface area contributed by atoms with E-state index < -0.39 is 0 Å². The highest BCUT2D eigenvalue weighted by Gasteiger charge is 2.13. The van der Waals surface area contributed by atoms with Gasteiger partial charge in [-0.3, -0.25) is 0 Å². The molecule has 0 amide bonds. The van der Waals surface area contributed by atoms with Gasteiger partial charge in [0.25, 0.3) is 0 Å². The van der Waals surface area contributed by atoms with Crippen LogP contribution >= 0.6 is 11.6 Å². The van der Waals surface area contributed by atoms with E-state index in [1.54, 1.807) is 0 Å². The van der Waals surface area contributed by atoms with Crippen molar-refractivity contribution >= 4 is 17.4 Å². The predicted octanol–water partition coefficient (Wildman–Crippen LogP) is 3.00. The predicted molar refractivity (Wildman–Crippen MR) is 77.2 cm³/mol. The summed E-state index contributed by atoms with van der Waals surface area (Å²) in [6.07, 6.45) is 3.39. The van der Waals surface area contributed by atoms with Gasteiger partial charge in [-0.1, -0.05) is 30.2 Å². The highest BCUT2D eigenvalue weighted by atomic mass is 35.5. The minimum absolute atomic E-state index is 0.728. The van der Waals surface area contributed by atoms with Crippen LogP contribution in [0.2, 0.25) is 5.02 Å². The zero-order chi connectivity index (χ0) is 13.0. The van der Waals surface area contributed by atoms with Crippen molar-refractivity contribution in [3.05, 3.63) is 34.5 Å². The monoisotopic (exact) mass is 265 g/mol. The molecule has 0 bridgehead atoms. The second-order valence-electron chi connectivity index (χ2n) is 4.64. The van der Waals surface area contributed by atoms with E-state index in [-0.39, 0.29) is 0 Å². The molecule has 98 valence electrons. The Kier molecular flexibility index (Phi) is 4.61. The first-order chi connectivity index (χ1) is 8.70. The first kappa shape index (κ1) is 13.4. The lowest BCUT2D eigenvalue weighted by Gasteiger charge is -2.27. The molecule has 0 saturated heterocycles. The zero-order valence-electron chi connectivity index (χ0n) is 11.0. The van der Waals surface area contributed by atoms with E-state index in [4.69, 9.17) is 11.6 Å². The molecule has 0 fully saturated rings. The summed E-state index contributed by atoms with van der Waals surface area (Å²) < 4.78 is 0. The van der Waals surface area contributed by atoms with Gasteiger partial charge in [-0.25, -0.2) is 4.98 Å². The van der Waals surface area contributed by atoms with Crippen LogP contribution in [-0.2, 0) is 6.54 Å². The van der Waals surface area contributed by atoms with Gasteiger partial charge in [0.05, 0.1) is 10.7 Å². The van der Waals surface area contributed by atoms with E-state index in [1.807, 2.05) is 12.1 Å². The summed E-state index contributed by atoms with van der Waals surface area (Å²) in [7, 11) is 0. The molecular formula is C14H20ClN3. The first-order valence-electron chi connectivity index (χ1n) is 6.47. The van der Waals surface area contributed by atoms with E-state index >= 15 is 0 Å². The van der Waals surface area contributed by atoms with Gasteiger partial charge in [-0.2, -0.15) is 0 Å². The number of hydrogen-bond acceptors (Lipinski definition) is 3. The molecule has 1 aromatic heterocycles. The number of halogens is 1. The average molecular weight is 266 g/mol. The van der Waals surface area contributed by atoms with Gasteiger partial charge in [0.1, 0.15) is 5.82 Å². The number of anilines is 1. The third-order valence-corrected chi connectivity index (χ3v) is 3.45. The Balaban J connectivity index is 2.16. The molecule has 3 nitrogen and oxygen atoms in total. The normalized spacial score (nSPS) is 15.7. The van der Waals surface area contributed by atoms with Crippen molar-refractivity contribution in [2.75, 3.05) is 24.5 Å². The summed E-state index contributed by atoms with van der Waals surface area (Å²) in [5, 5.41) is 4.01. The molecule has 18 heavy (non-hydrogen) atoms. The molecule has 1 aliphatic rings. The Hall–Kier alpha value is -1.06. The fourth-order valence-electron chi connectivity index (χ4n) is 2.12. The molecule has 1 aromatic rings. The summed E-state index contributed by atoms with van der Waals surface area (Å²) in [6, 6.07) is 3.96. The van der Waals surface area contributed by atoms with Crippen molar-refractivity contribution in [3.63, 3.8) is 0 Å². The number of pyridine rings is 1. The molecule has 0 spiro atoms. The van der Waals surface area contributed by atoms with Crippen LogP contribution in [0.25, 0.3) is 0 Å². The standard InChI is InChI=1S/C14H20ClN3/c1-3-16-9-13-12(15)6-7-14(17-13)18-8-4-5-11(2)10-18/h5-7,16H,3-4,8-10H2,1-2H3. The van der Waals surface area contributed by atoms with E-state index in [0.29, 0.717) is 0 Å². The molecule has 0 aliphatic carbocycles. The van der Waals surface area contributed by atoms with Crippen molar-refractivity contribution in [2.45, 2.75) is 26.8 Å². The summed E-state index contributed by atoms with van der Waals surface area (Å²) in [5.41, 5.74) is 2.34. The number of nitrogens with one attached hydrogen (secondary N) is 1. The van der Waals surface area contributed by atoms with Crippen molar-refractivity contribution in [3.8, 4) is 0 Å². The molecule has 4 heteroatoms. The molecule has 2 heterocycles. The van der Waals surface area contributed by atoms with Crippen molar-refractivity contribution in [1.29, 1.82) is 0 Å². The maximum atomic E-state index is 6.17. The van der Waals surface area contributed by atoms with Gasteiger partial charge in [0, 0.05) is 19.6 Å². The smallest absolute Gasteiger partial charge is 0.129 e. The summed E-state index contributed by atoms with van der Waals surface area (Å²) in [4.78, 5) is 6.98. The maximum absolute atomic E-state index is 6.17. The second-order valence-corrected chi connectivity index (χ2v) is 5.05. The van der Waals surface area contributed by atoms with Gasteiger partial charge in [0.15, 0.2) is 0 Å². The second kappa shape index (κ2) is 6.21. The largest absolute Gasteiger partial charge is 0.352 e. The van der Waals surface area contributed by atoms with Gasteiger partial charge >= 0.3 is 0 Å². The maximum Gasteiger partial charge on any atom is 0.129 e. The van der Waals surface area contributed by atoms with Crippen LogP contribution in [0, 0.1) is 0 Å². The van der Waals surface area contributed by atoms with Crippen molar-refractivity contribution in [1.82, 2.24) is 10.3 Å². The molecule has 2 rings (SSSR count). The minimum Gasteiger partial charge on any atom is -0.352 e. The molecule has 0 unspecified atom stereocenters.